The van der Waals surface area contributed by atoms with E-state index in [1.807, 2.05) is 38.2 Å². The number of fused-ring (bicyclic) bond motifs is 1. The monoisotopic (exact) mass is 739 g/mol. The summed E-state index contributed by atoms with van der Waals surface area (Å²) in [5, 5.41) is 6.05. The Hall–Kier alpha value is -4.67. The number of amides is 2. The first-order valence-electron chi connectivity index (χ1n) is 18.5. The Bertz CT molecular complexity index is 2130. The van der Waals surface area contributed by atoms with E-state index in [0.29, 0.717) is 35.3 Å². The molecule has 2 fully saturated rings. The highest BCUT2D eigenvalue weighted by atomic mass is 35.5. The standard InChI is InChI=1S/C42H47ClFN5O4/c1-25-26(2)42(52)47(3)23-33(25)30-19-35(43)34(39(20-30)53-4)24-48-15-14-32-28(6-5-7-29(32)22-48)18-27-12-16-49(17-13-27)38-10-8-31(21-36(38)44)45-37-9-11-40(50)46-41(37)51/h5-8,10,19-21,23,27,37,45H,9,11-18,22,24H2,1-4H3,(H,46,50,51)/t37-/m1/s1. The number of benzene rings is 3. The molecule has 0 bridgehead atoms. The molecule has 2 N–H and O–H groups in total. The fraction of sp³-hybridized carbons (Fsp3) is 0.405. The highest BCUT2D eigenvalue weighted by molar-refractivity contribution is 6.32. The van der Waals surface area contributed by atoms with Crippen LogP contribution in [0.5, 0.6) is 5.75 Å². The van der Waals surface area contributed by atoms with Crippen LogP contribution in [0.2, 0.25) is 5.02 Å². The zero-order chi connectivity index (χ0) is 37.4. The first kappa shape index (κ1) is 36.7. The Labute approximate surface area is 315 Å². The van der Waals surface area contributed by atoms with E-state index >= 15 is 4.39 Å². The van der Waals surface area contributed by atoms with Crippen molar-refractivity contribution in [2.45, 2.75) is 71.5 Å². The van der Waals surface area contributed by atoms with Crippen LogP contribution < -0.4 is 25.8 Å². The van der Waals surface area contributed by atoms with Gasteiger partial charge in [0.25, 0.3) is 5.56 Å². The zero-order valence-electron chi connectivity index (χ0n) is 30.9. The van der Waals surface area contributed by atoms with Gasteiger partial charge in [-0.05, 0) is 110 Å². The third kappa shape index (κ3) is 7.71. The minimum Gasteiger partial charge on any atom is -0.496 e. The van der Waals surface area contributed by atoms with E-state index in [0.717, 1.165) is 85.4 Å². The highest BCUT2D eigenvalue weighted by Gasteiger charge is 2.28. The number of aryl methyl sites for hydroxylation is 1. The van der Waals surface area contributed by atoms with Crippen LogP contribution in [0.25, 0.3) is 11.1 Å². The summed E-state index contributed by atoms with van der Waals surface area (Å²) in [6.07, 6.45) is 6.47. The van der Waals surface area contributed by atoms with Gasteiger partial charge in [-0.1, -0.05) is 29.8 Å². The predicted octanol–water partition coefficient (Wildman–Crippen LogP) is 6.70. The lowest BCUT2D eigenvalue weighted by atomic mass is 9.85. The number of hydrogen-bond acceptors (Lipinski definition) is 7. The second-order valence-electron chi connectivity index (χ2n) is 14.8. The molecule has 9 nitrogen and oxygen atoms in total. The molecule has 1 atom stereocenters. The van der Waals surface area contributed by atoms with Crippen molar-refractivity contribution in [1.29, 1.82) is 0 Å². The summed E-state index contributed by atoms with van der Waals surface area (Å²) in [5.41, 5.74) is 9.84. The first-order valence-corrected chi connectivity index (χ1v) is 18.9. The van der Waals surface area contributed by atoms with Gasteiger partial charge in [-0.15, -0.1) is 0 Å². The number of methoxy groups -OCH3 is 1. The minimum absolute atomic E-state index is 0.00109. The Kier molecular flexibility index (Phi) is 10.6. The van der Waals surface area contributed by atoms with Crippen LogP contribution in [0.1, 0.15) is 59.1 Å². The van der Waals surface area contributed by atoms with Crippen molar-refractivity contribution in [1.82, 2.24) is 14.8 Å². The van der Waals surface area contributed by atoms with Crippen molar-refractivity contribution in [3.63, 3.8) is 0 Å². The molecule has 0 spiro atoms. The molecule has 0 unspecified atom stereocenters. The molecule has 278 valence electrons. The number of anilines is 2. The number of nitrogens with one attached hydrogen (secondary N) is 2. The van der Waals surface area contributed by atoms with E-state index in [2.05, 4.69) is 38.6 Å². The average molecular weight is 740 g/mol. The lowest BCUT2D eigenvalue weighted by molar-refractivity contribution is -0.133. The molecule has 7 rings (SSSR count). The summed E-state index contributed by atoms with van der Waals surface area (Å²) in [6.45, 7) is 7.80. The van der Waals surface area contributed by atoms with Gasteiger partial charge < -0.3 is 19.5 Å². The third-order valence-corrected chi connectivity index (χ3v) is 11.8. The van der Waals surface area contributed by atoms with E-state index in [-0.39, 0.29) is 29.6 Å². The molecule has 4 heterocycles. The Morgan fingerprint density at radius 3 is 2.51 bits per heavy atom. The van der Waals surface area contributed by atoms with Crippen LogP contribution >= 0.6 is 11.6 Å². The number of piperidine rings is 2. The third-order valence-electron chi connectivity index (χ3n) is 11.4. The maximum atomic E-state index is 15.3. The molecule has 3 aliphatic rings. The number of carbonyl (C=O) groups excluding carboxylic acids is 2. The van der Waals surface area contributed by atoms with Gasteiger partial charge in [0.1, 0.15) is 17.6 Å². The van der Waals surface area contributed by atoms with E-state index < -0.39 is 6.04 Å². The summed E-state index contributed by atoms with van der Waals surface area (Å²) >= 11 is 6.96. The number of pyridine rings is 1. The number of ether oxygens (including phenoxy) is 1. The molecule has 0 saturated carbocycles. The second-order valence-corrected chi connectivity index (χ2v) is 15.2. The number of imide groups is 1. The number of carbonyl (C=O) groups is 2. The number of rotatable bonds is 9. The minimum atomic E-state index is -0.547. The van der Waals surface area contributed by atoms with Crippen LogP contribution in [-0.2, 0) is 42.6 Å². The molecular formula is C42H47ClFN5O4. The van der Waals surface area contributed by atoms with Crippen molar-refractivity contribution >= 4 is 34.8 Å². The predicted molar refractivity (Wildman–Crippen MR) is 207 cm³/mol. The van der Waals surface area contributed by atoms with Gasteiger partial charge in [0.15, 0.2) is 0 Å². The number of nitrogens with zero attached hydrogens (tertiary/aromatic N) is 3. The smallest absolute Gasteiger partial charge is 0.253 e. The van der Waals surface area contributed by atoms with Gasteiger partial charge in [0.2, 0.25) is 11.8 Å². The van der Waals surface area contributed by atoms with Gasteiger partial charge in [0.05, 0.1) is 12.8 Å². The average Bonchev–Trinajstić information content (AvgIpc) is 3.14. The highest BCUT2D eigenvalue weighted by Crippen LogP contribution is 2.37. The van der Waals surface area contributed by atoms with Gasteiger partial charge in [-0.3, -0.25) is 24.6 Å². The lowest BCUT2D eigenvalue weighted by Crippen LogP contribution is -2.47. The van der Waals surface area contributed by atoms with E-state index in [4.69, 9.17) is 16.3 Å². The fourth-order valence-electron chi connectivity index (χ4n) is 8.24. The molecule has 2 saturated heterocycles. The van der Waals surface area contributed by atoms with Gasteiger partial charge in [-0.25, -0.2) is 4.39 Å². The topological polar surface area (TPSA) is 95.9 Å². The van der Waals surface area contributed by atoms with Crippen molar-refractivity contribution in [2.75, 3.05) is 37.0 Å². The second kappa shape index (κ2) is 15.4. The number of halogens is 2. The Morgan fingerprint density at radius 1 is 0.981 bits per heavy atom. The van der Waals surface area contributed by atoms with E-state index in [1.54, 1.807) is 24.8 Å². The summed E-state index contributed by atoms with van der Waals surface area (Å²) < 4.78 is 22.8. The molecule has 3 aromatic carbocycles. The normalized spacial score (nSPS) is 18.2. The first-order chi connectivity index (χ1) is 25.5. The molecule has 0 aliphatic carbocycles. The van der Waals surface area contributed by atoms with Gasteiger partial charge >= 0.3 is 0 Å². The summed E-state index contributed by atoms with van der Waals surface area (Å²) in [6, 6.07) is 15.2. The molecule has 1 aromatic heterocycles. The van der Waals surface area contributed by atoms with Crippen molar-refractivity contribution in [3.8, 4) is 16.9 Å². The van der Waals surface area contributed by atoms with Crippen molar-refractivity contribution in [2.24, 2.45) is 13.0 Å². The van der Waals surface area contributed by atoms with Gasteiger partial charge in [0, 0.05) is 79.8 Å². The van der Waals surface area contributed by atoms with Crippen molar-refractivity contribution in [3.05, 3.63) is 109 Å². The van der Waals surface area contributed by atoms with Crippen LogP contribution in [0.15, 0.2) is 59.5 Å². The lowest BCUT2D eigenvalue weighted by Gasteiger charge is -2.35. The largest absolute Gasteiger partial charge is 0.496 e. The molecule has 11 heteroatoms. The molecule has 0 radical (unpaired) electrons. The van der Waals surface area contributed by atoms with E-state index in [9.17, 15) is 14.4 Å². The maximum absolute atomic E-state index is 15.3. The molecule has 3 aliphatic heterocycles. The number of aromatic nitrogens is 1. The summed E-state index contributed by atoms with van der Waals surface area (Å²) in [4.78, 5) is 40.6. The summed E-state index contributed by atoms with van der Waals surface area (Å²) in [5.74, 6) is 0.302. The quantitative estimate of drug-likeness (QED) is 0.185. The van der Waals surface area contributed by atoms with Gasteiger partial charge in [-0.2, -0.15) is 0 Å². The maximum Gasteiger partial charge on any atom is 0.253 e. The molecule has 53 heavy (non-hydrogen) atoms. The molecule has 4 aromatic rings. The molecule has 2 amide bonds. The zero-order valence-corrected chi connectivity index (χ0v) is 31.6. The summed E-state index contributed by atoms with van der Waals surface area (Å²) in [7, 11) is 3.45. The van der Waals surface area contributed by atoms with Crippen LogP contribution in [0, 0.1) is 25.6 Å². The van der Waals surface area contributed by atoms with Crippen LogP contribution in [0.3, 0.4) is 0 Å². The SMILES string of the molecule is COc1cc(-c2cn(C)c(=O)c(C)c2C)cc(Cl)c1CN1CCc2c(CC3CCN(c4ccc(N[C@@H]5CCC(=O)NC5=O)cc4F)CC3)cccc2C1. The number of hydrogen-bond donors (Lipinski definition) is 2. The van der Waals surface area contributed by atoms with E-state index in [1.165, 1.54) is 22.8 Å². The Balaban J connectivity index is 0.971. The molecular weight excluding hydrogens is 693 g/mol. The van der Waals surface area contributed by atoms with Crippen LogP contribution in [-0.4, -0.2) is 54.1 Å². The Morgan fingerprint density at radius 2 is 1.77 bits per heavy atom. The van der Waals surface area contributed by atoms with Crippen molar-refractivity contribution < 1.29 is 18.7 Å². The fourth-order valence-corrected chi connectivity index (χ4v) is 8.51. The van der Waals surface area contributed by atoms with Crippen LogP contribution in [0.4, 0.5) is 15.8 Å².